The van der Waals surface area contributed by atoms with Crippen LogP contribution in [0.2, 0.25) is 13.1 Å². The van der Waals surface area contributed by atoms with Crippen LogP contribution in [-0.4, -0.2) is 47.5 Å². The molecule has 0 N–H and O–H groups in total. The second-order valence-corrected chi connectivity index (χ2v) is 19.2. The highest BCUT2D eigenvalue weighted by Crippen LogP contribution is 2.33. The van der Waals surface area contributed by atoms with Crippen LogP contribution in [0.1, 0.15) is 23.2 Å². The van der Waals surface area contributed by atoms with Crippen LogP contribution in [0.4, 0.5) is 0 Å². The van der Waals surface area contributed by atoms with E-state index in [4.69, 9.17) is 8.85 Å². The molecule has 0 saturated carbocycles. The Morgan fingerprint density at radius 3 is 1.42 bits per heavy atom. The van der Waals surface area contributed by atoms with Crippen LogP contribution in [-0.2, 0) is 0 Å². The molecule has 0 spiro atoms. The zero-order valence-electron chi connectivity index (χ0n) is 26.4. The number of likely N-dealkylation sites (tertiary alicyclic amines) is 1. The predicted octanol–water partition coefficient (Wildman–Crippen LogP) is 5.75. The number of nitrogens with zero attached hydrogens (tertiary/aromatic N) is 1. The molecule has 0 atom stereocenters. The van der Waals surface area contributed by atoms with Crippen molar-refractivity contribution < 1.29 is 13.6 Å². The third kappa shape index (κ3) is 6.59. The third-order valence-corrected chi connectivity index (χ3v) is 16.3. The molecule has 5 aromatic rings. The van der Waals surface area contributed by atoms with E-state index in [1.54, 1.807) is 0 Å². The lowest BCUT2D eigenvalue weighted by molar-refractivity contribution is 0.0855. The molecule has 228 valence electrons. The monoisotopic (exact) mass is 627 g/mol. The average Bonchev–Trinajstić information content (AvgIpc) is 3.10. The Bertz CT molecular complexity index is 1630. The number of ketones is 1. The summed E-state index contributed by atoms with van der Waals surface area (Å²) in [5, 5.41) is 4.65. The minimum atomic E-state index is -2.79. The van der Waals surface area contributed by atoms with E-state index < -0.39 is 16.6 Å². The molecular formula is C39H41NO3Si2. The van der Waals surface area contributed by atoms with Crippen molar-refractivity contribution in [1.29, 1.82) is 0 Å². The van der Waals surface area contributed by atoms with Gasteiger partial charge in [0.2, 0.25) is 0 Å². The smallest absolute Gasteiger partial charge is 0.311 e. The number of carbonyl (C=O) groups is 1. The maximum absolute atomic E-state index is 14.2. The summed E-state index contributed by atoms with van der Waals surface area (Å²) in [6.45, 7) is 6.31. The molecule has 0 amide bonds. The molecule has 1 heterocycles. The first-order chi connectivity index (χ1) is 21.9. The molecule has 0 aliphatic carbocycles. The van der Waals surface area contributed by atoms with Crippen molar-refractivity contribution in [2.45, 2.75) is 25.9 Å². The van der Waals surface area contributed by atoms with Crippen molar-refractivity contribution in [2.24, 2.45) is 5.92 Å². The molecule has 1 aliphatic heterocycles. The summed E-state index contributed by atoms with van der Waals surface area (Å²) in [5.41, 5.74) is 0.644. The van der Waals surface area contributed by atoms with E-state index in [9.17, 15) is 4.79 Å². The molecule has 6 rings (SSSR count). The zero-order valence-corrected chi connectivity index (χ0v) is 28.4. The Morgan fingerprint density at radius 2 is 1.00 bits per heavy atom. The van der Waals surface area contributed by atoms with Crippen LogP contribution in [0, 0.1) is 5.92 Å². The number of benzene rings is 5. The Balaban J connectivity index is 1.46. The lowest BCUT2D eigenvalue weighted by Gasteiger charge is -2.33. The second-order valence-electron chi connectivity index (χ2n) is 12.3. The number of hydrogen-bond donors (Lipinski definition) is 0. The first-order valence-electron chi connectivity index (χ1n) is 15.8. The van der Waals surface area contributed by atoms with Crippen molar-refractivity contribution in [3.8, 4) is 11.5 Å². The van der Waals surface area contributed by atoms with E-state index in [1.807, 2.05) is 42.5 Å². The van der Waals surface area contributed by atoms with Gasteiger partial charge in [0.25, 0.3) is 0 Å². The molecule has 1 fully saturated rings. The summed E-state index contributed by atoms with van der Waals surface area (Å²) in [4.78, 5) is 16.5. The van der Waals surface area contributed by atoms with Gasteiger partial charge in [0.05, 0.1) is 5.56 Å². The van der Waals surface area contributed by atoms with Crippen LogP contribution in [0.25, 0.3) is 0 Å². The number of Topliss-reactive ketones (excluding diaryl/α,β-unsaturated/α-hetero) is 1. The van der Waals surface area contributed by atoms with Gasteiger partial charge < -0.3 is 13.8 Å². The highest BCUT2D eigenvalue weighted by atomic mass is 28.4. The van der Waals surface area contributed by atoms with Crippen molar-refractivity contribution in [3.63, 3.8) is 0 Å². The maximum atomic E-state index is 14.2. The number of piperidine rings is 1. The topological polar surface area (TPSA) is 38.8 Å². The van der Waals surface area contributed by atoms with Gasteiger partial charge in [-0.3, -0.25) is 4.79 Å². The van der Waals surface area contributed by atoms with E-state index in [1.165, 1.54) is 10.4 Å². The van der Waals surface area contributed by atoms with Gasteiger partial charge in [-0.25, -0.2) is 0 Å². The zero-order chi connectivity index (χ0) is 31.3. The fourth-order valence-corrected chi connectivity index (χ4v) is 12.1. The molecule has 5 aromatic carbocycles. The Kier molecular flexibility index (Phi) is 9.17. The quantitative estimate of drug-likeness (QED) is 0.146. The van der Waals surface area contributed by atoms with Gasteiger partial charge in [-0.15, -0.1) is 0 Å². The molecule has 0 aromatic heterocycles. The SMILES string of the molecule is CN1CCC(C(=O)c2ccc(O[Si](C)(c3ccccc3)c3ccccc3)cc2O[Si](C)(c2ccccc2)c2ccccc2)CC1. The van der Waals surface area contributed by atoms with E-state index in [2.05, 4.69) is 122 Å². The number of hydrogen-bond acceptors (Lipinski definition) is 4. The van der Waals surface area contributed by atoms with E-state index in [-0.39, 0.29) is 11.7 Å². The molecule has 4 nitrogen and oxygen atoms in total. The second kappa shape index (κ2) is 13.4. The summed E-state index contributed by atoms with van der Waals surface area (Å²) >= 11 is 0. The Hall–Kier alpha value is -4.24. The number of rotatable bonds is 10. The van der Waals surface area contributed by atoms with Gasteiger partial charge >= 0.3 is 16.6 Å². The molecular weight excluding hydrogens is 587 g/mol. The van der Waals surface area contributed by atoms with E-state index in [0.717, 1.165) is 36.3 Å². The standard InChI is InChI=1S/C39H41NO3Si2/c1-40-28-26-31(27-29-40)39(41)37-25-24-32(42-44(2,33-16-8-4-9-17-33)34-18-10-5-11-19-34)30-38(37)43-45(3,35-20-12-6-13-21-35)36-22-14-7-15-23-36/h4-25,30-31H,26-29H2,1-3H3. The van der Waals surface area contributed by atoms with Gasteiger partial charge in [0.1, 0.15) is 11.5 Å². The molecule has 0 unspecified atom stereocenters. The molecule has 0 radical (unpaired) electrons. The first-order valence-corrected chi connectivity index (χ1v) is 20.7. The highest BCUT2D eigenvalue weighted by Gasteiger charge is 2.39. The van der Waals surface area contributed by atoms with Gasteiger partial charge in [-0.05, 0) is 79.0 Å². The summed E-state index contributed by atoms with van der Waals surface area (Å²) in [7, 11) is -3.34. The highest BCUT2D eigenvalue weighted by molar-refractivity contribution is 6.97. The molecule has 0 bridgehead atoms. The average molecular weight is 628 g/mol. The van der Waals surface area contributed by atoms with Crippen LogP contribution in [0.15, 0.2) is 140 Å². The van der Waals surface area contributed by atoms with Crippen molar-refractivity contribution >= 4 is 43.2 Å². The van der Waals surface area contributed by atoms with Crippen molar-refractivity contribution in [1.82, 2.24) is 4.90 Å². The van der Waals surface area contributed by atoms with Gasteiger partial charge in [0, 0.05) is 12.0 Å². The normalized spacial score (nSPS) is 14.6. The van der Waals surface area contributed by atoms with Crippen LogP contribution < -0.4 is 29.6 Å². The minimum absolute atomic E-state index is 0.0232. The minimum Gasteiger partial charge on any atom is -0.535 e. The van der Waals surface area contributed by atoms with E-state index >= 15 is 0 Å². The molecule has 1 aliphatic rings. The Morgan fingerprint density at radius 1 is 0.600 bits per heavy atom. The fourth-order valence-electron chi connectivity index (χ4n) is 6.39. The lowest BCUT2D eigenvalue weighted by atomic mass is 9.88. The van der Waals surface area contributed by atoms with Gasteiger partial charge in [-0.1, -0.05) is 121 Å². The number of carbonyl (C=O) groups excluding carboxylic acids is 1. The van der Waals surface area contributed by atoms with Crippen LogP contribution in [0.5, 0.6) is 11.5 Å². The largest absolute Gasteiger partial charge is 0.535 e. The van der Waals surface area contributed by atoms with Crippen LogP contribution in [0.3, 0.4) is 0 Å². The van der Waals surface area contributed by atoms with Crippen LogP contribution >= 0.6 is 0 Å². The maximum Gasteiger partial charge on any atom is 0.311 e. The van der Waals surface area contributed by atoms with Crippen molar-refractivity contribution in [2.75, 3.05) is 20.1 Å². The van der Waals surface area contributed by atoms with Gasteiger partial charge in [-0.2, -0.15) is 0 Å². The summed E-state index contributed by atoms with van der Waals surface area (Å²) < 4.78 is 14.3. The fraction of sp³-hybridized carbons (Fsp3) is 0.205. The molecule has 1 saturated heterocycles. The Labute approximate surface area is 269 Å². The lowest BCUT2D eigenvalue weighted by Crippen LogP contribution is -2.61. The summed E-state index contributed by atoms with van der Waals surface area (Å²) in [6, 6.07) is 47.8. The first kappa shape index (κ1) is 30.8. The predicted molar refractivity (Wildman–Crippen MR) is 190 cm³/mol. The summed E-state index contributed by atoms with van der Waals surface area (Å²) in [6.07, 6.45) is 1.71. The molecule has 6 heteroatoms. The summed E-state index contributed by atoms with van der Waals surface area (Å²) in [5.74, 6) is 1.46. The molecule has 45 heavy (non-hydrogen) atoms. The van der Waals surface area contributed by atoms with Crippen molar-refractivity contribution in [3.05, 3.63) is 145 Å². The third-order valence-electron chi connectivity index (χ3n) is 9.24. The van der Waals surface area contributed by atoms with Gasteiger partial charge in [0.15, 0.2) is 5.78 Å². The van der Waals surface area contributed by atoms with E-state index in [0.29, 0.717) is 17.1 Å².